The van der Waals surface area contributed by atoms with Crippen molar-refractivity contribution < 1.29 is 5.11 Å². The summed E-state index contributed by atoms with van der Waals surface area (Å²) in [5.74, 6) is 0. The van der Waals surface area contributed by atoms with Crippen LogP contribution in [0.15, 0.2) is 18.2 Å². The second kappa shape index (κ2) is 7.25. The molecule has 0 aliphatic carbocycles. The van der Waals surface area contributed by atoms with Crippen molar-refractivity contribution in [3.05, 3.63) is 34.3 Å². The van der Waals surface area contributed by atoms with E-state index >= 15 is 0 Å². The number of nitrogens with zero attached hydrogens (tertiary/aromatic N) is 1. The van der Waals surface area contributed by atoms with Gasteiger partial charge in [-0.05, 0) is 36.6 Å². The minimum absolute atomic E-state index is 0.235. The first kappa shape index (κ1) is 14.8. The van der Waals surface area contributed by atoms with Crippen LogP contribution in [0.4, 0.5) is 0 Å². The van der Waals surface area contributed by atoms with Gasteiger partial charge in [0.15, 0.2) is 0 Å². The summed E-state index contributed by atoms with van der Waals surface area (Å²) in [6.07, 6.45) is 4.75. The van der Waals surface area contributed by atoms with Crippen LogP contribution >= 0.6 is 11.6 Å². The third-order valence-corrected chi connectivity index (χ3v) is 4.29. The zero-order chi connectivity index (χ0) is 13.7. The Labute approximate surface area is 120 Å². The highest BCUT2D eigenvalue weighted by Gasteiger charge is 2.20. The van der Waals surface area contributed by atoms with E-state index in [0.717, 1.165) is 35.7 Å². The predicted octanol–water partition coefficient (Wildman–Crippen LogP) is 2.54. The summed E-state index contributed by atoms with van der Waals surface area (Å²) in [5.41, 5.74) is 7.80. The summed E-state index contributed by atoms with van der Waals surface area (Å²) in [7, 11) is 0. The van der Waals surface area contributed by atoms with E-state index < -0.39 is 0 Å². The van der Waals surface area contributed by atoms with Crippen LogP contribution in [0.2, 0.25) is 5.02 Å². The van der Waals surface area contributed by atoms with E-state index in [9.17, 15) is 5.11 Å². The van der Waals surface area contributed by atoms with Gasteiger partial charge in [0.25, 0.3) is 0 Å². The lowest BCUT2D eigenvalue weighted by Crippen LogP contribution is -2.37. The molecule has 19 heavy (non-hydrogen) atoms. The second-order valence-corrected chi connectivity index (χ2v) is 5.69. The summed E-state index contributed by atoms with van der Waals surface area (Å²) < 4.78 is 0. The lowest BCUT2D eigenvalue weighted by molar-refractivity contribution is 0.118. The first-order valence-corrected chi connectivity index (χ1v) is 7.44. The highest BCUT2D eigenvalue weighted by Crippen LogP contribution is 2.23. The molecule has 1 unspecified atom stereocenters. The van der Waals surface area contributed by atoms with Gasteiger partial charge < -0.3 is 10.8 Å². The number of rotatable bonds is 4. The van der Waals surface area contributed by atoms with Crippen molar-refractivity contribution >= 4 is 11.6 Å². The molecule has 1 saturated heterocycles. The zero-order valence-electron chi connectivity index (χ0n) is 11.3. The van der Waals surface area contributed by atoms with Gasteiger partial charge in [-0.1, -0.05) is 36.6 Å². The molecule has 1 aromatic rings. The minimum atomic E-state index is 0.235. The van der Waals surface area contributed by atoms with Gasteiger partial charge in [-0.2, -0.15) is 0 Å². The number of hydrogen-bond donors (Lipinski definition) is 2. The van der Waals surface area contributed by atoms with E-state index in [-0.39, 0.29) is 12.6 Å². The van der Waals surface area contributed by atoms with E-state index in [1.54, 1.807) is 0 Å². The maximum Gasteiger partial charge on any atom is 0.0586 e. The Hall–Kier alpha value is -0.610. The summed E-state index contributed by atoms with van der Waals surface area (Å²) in [4.78, 5) is 2.36. The number of nitrogens with two attached hydrogens (primary N) is 1. The van der Waals surface area contributed by atoms with Crippen LogP contribution in [0.1, 0.15) is 36.8 Å². The fourth-order valence-electron chi connectivity index (χ4n) is 2.72. The largest absolute Gasteiger partial charge is 0.395 e. The molecule has 3 N–H and O–H groups in total. The summed E-state index contributed by atoms with van der Waals surface area (Å²) in [6, 6.07) is 6.31. The van der Waals surface area contributed by atoms with E-state index in [1.807, 2.05) is 12.1 Å². The average Bonchev–Trinajstić information content (AvgIpc) is 2.66. The van der Waals surface area contributed by atoms with Crippen LogP contribution in [0.25, 0.3) is 0 Å². The molecule has 2 rings (SSSR count). The molecule has 0 spiro atoms. The van der Waals surface area contributed by atoms with Gasteiger partial charge in [0.2, 0.25) is 0 Å². The molecular weight excluding hydrogens is 260 g/mol. The Morgan fingerprint density at radius 2 is 2.16 bits per heavy atom. The van der Waals surface area contributed by atoms with Gasteiger partial charge in [0.05, 0.1) is 6.61 Å². The SMILES string of the molecule is NCc1ccc(CN2CCCCCC2CO)c(Cl)c1. The van der Waals surface area contributed by atoms with Crippen molar-refractivity contribution in [3.8, 4) is 0 Å². The molecular formula is C15H23ClN2O. The molecule has 1 aliphatic heterocycles. The summed E-state index contributed by atoms with van der Waals surface area (Å²) in [6.45, 7) is 2.61. The van der Waals surface area contributed by atoms with Gasteiger partial charge in [-0.3, -0.25) is 4.90 Å². The molecule has 0 saturated carbocycles. The minimum Gasteiger partial charge on any atom is -0.395 e. The lowest BCUT2D eigenvalue weighted by atomic mass is 10.1. The summed E-state index contributed by atoms with van der Waals surface area (Å²) >= 11 is 6.31. The molecule has 3 nitrogen and oxygen atoms in total. The third-order valence-electron chi connectivity index (χ3n) is 3.94. The molecule has 0 aromatic heterocycles. The smallest absolute Gasteiger partial charge is 0.0586 e. The molecule has 0 amide bonds. The number of aliphatic hydroxyl groups is 1. The Kier molecular flexibility index (Phi) is 5.64. The number of halogens is 1. The first-order valence-electron chi connectivity index (χ1n) is 7.07. The predicted molar refractivity (Wildman–Crippen MR) is 79.1 cm³/mol. The quantitative estimate of drug-likeness (QED) is 0.892. The number of aliphatic hydroxyl groups excluding tert-OH is 1. The molecule has 1 fully saturated rings. The Morgan fingerprint density at radius 3 is 2.84 bits per heavy atom. The Balaban J connectivity index is 2.09. The van der Waals surface area contributed by atoms with Crippen molar-refractivity contribution in [2.45, 2.75) is 44.8 Å². The molecule has 0 radical (unpaired) electrons. The molecule has 1 heterocycles. The van der Waals surface area contributed by atoms with Gasteiger partial charge in [-0.15, -0.1) is 0 Å². The van der Waals surface area contributed by atoms with Crippen molar-refractivity contribution in [2.75, 3.05) is 13.2 Å². The fourth-order valence-corrected chi connectivity index (χ4v) is 2.98. The highest BCUT2D eigenvalue weighted by molar-refractivity contribution is 6.31. The van der Waals surface area contributed by atoms with Crippen LogP contribution in [0.3, 0.4) is 0 Å². The topological polar surface area (TPSA) is 49.5 Å². The van der Waals surface area contributed by atoms with Crippen LogP contribution in [0, 0.1) is 0 Å². The molecule has 1 atom stereocenters. The van der Waals surface area contributed by atoms with Crippen LogP contribution in [0.5, 0.6) is 0 Å². The standard InChI is InChI=1S/C15H23ClN2O/c16-15-8-12(9-17)5-6-13(15)10-18-7-3-1-2-4-14(18)11-19/h5-6,8,14,19H,1-4,7,9-11,17H2. The zero-order valence-corrected chi connectivity index (χ0v) is 12.1. The first-order chi connectivity index (χ1) is 9.24. The molecule has 106 valence electrons. The average molecular weight is 283 g/mol. The second-order valence-electron chi connectivity index (χ2n) is 5.29. The van der Waals surface area contributed by atoms with Crippen LogP contribution in [-0.2, 0) is 13.1 Å². The van der Waals surface area contributed by atoms with Gasteiger partial charge >= 0.3 is 0 Å². The van der Waals surface area contributed by atoms with Crippen molar-refractivity contribution in [1.82, 2.24) is 4.90 Å². The van der Waals surface area contributed by atoms with E-state index in [2.05, 4.69) is 11.0 Å². The molecule has 1 aliphatic rings. The normalized spacial score (nSPS) is 21.3. The Morgan fingerprint density at radius 1 is 1.32 bits per heavy atom. The Bertz CT molecular complexity index is 411. The van der Waals surface area contributed by atoms with E-state index in [4.69, 9.17) is 17.3 Å². The van der Waals surface area contributed by atoms with Crippen LogP contribution < -0.4 is 5.73 Å². The molecule has 0 bridgehead atoms. The van der Waals surface area contributed by atoms with Gasteiger partial charge in [-0.25, -0.2) is 0 Å². The summed E-state index contributed by atoms with van der Waals surface area (Å²) in [5, 5.41) is 10.3. The highest BCUT2D eigenvalue weighted by atomic mass is 35.5. The monoisotopic (exact) mass is 282 g/mol. The maximum absolute atomic E-state index is 9.52. The number of benzene rings is 1. The van der Waals surface area contributed by atoms with Gasteiger partial charge in [0, 0.05) is 24.2 Å². The molecule has 1 aromatic carbocycles. The third kappa shape index (κ3) is 3.93. The number of likely N-dealkylation sites (tertiary alicyclic amines) is 1. The van der Waals surface area contributed by atoms with E-state index in [0.29, 0.717) is 6.54 Å². The van der Waals surface area contributed by atoms with E-state index in [1.165, 1.54) is 19.3 Å². The number of hydrogen-bond acceptors (Lipinski definition) is 3. The maximum atomic E-state index is 9.52. The lowest BCUT2D eigenvalue weighted by Gasteiger charge is -2.28. The van der Waals surface area contributed by atoms with Crippen molar-refractivity contribution in [3.63, 3.8) is 0 Å². The van der Waals surface area contributed by atoms with Crippen molar-refractivity contribution in [2.24, 2.45) is 5.73 Å². The van der Waals surface area contributed by atoms with Gasteiger partial charge in [0.1, 0.15) is 0 Å². The van der Waals surface area contributed by atoms with Crippen molar-refractivity contribution in [1.29, 1.82) is 0 Å². The molecule has 4 heteroatoms. The fraction of sp³-hybridized carbons (Fsp3) is 0.600. The van der Waals surface area contributed by atoms with Crippen LogP contribution in [-0.4, -0.2) is 29.2 Å².